The highest BCUT2D eigenvalue weighted by Gasteiger charge is 2.17. The zero-order valence-corrected chi connectivity index (χ0v) is 12.5. The van der Waals surface area contributed by atoms with Gasteiger partial charge in [-0.2, -0.15) is 0 Å². The number of nitrogens with one attached hydrogen (secondary N) is 2. The van der Waals surface area contributed by atoms with E-state index in [1.807, 2.05) is 13.8 Å². The molecule has 1 heterocycles. The second-order valence-corrected chi connectivity index (χ2v) is 4.90. The molecule has 122 valence electrons. The van der Waals surface area contributed by atoms with E-state index in [0.717, 1.165) is 18.6 Å². The van der Waals surface area contributed by atoms with E-state index in [1.165, 1.54) is 12.3 Å². The molecule has 2 N–H and O–H groups in total. The van der Waals surface area contributed by atoms with E-state index in [4.69, 9.17) is 0 Å². The molecule has 0 spiro atoms. The van der Waals surface area contributed by atoms with Gasteiger partial charge in [0.15, 0.2) is 17.5 Å². The number of hydrogen-bond donors (Lipinski definition) is 2. The highest BCUT2D eigenvalue weighted by Crippen LogP contribution is 2.20. The number of benzene rings is 1. The number of aromatic nitrogens is 2. The van der Waals surface area contributed by atoms with E-state index in [1.54, 1.807) is 0 Å². The summed E-state index contributed by atoms with van der Waals surface area (Å²) in [7, 11) is 0. The lowest BCUT2D eigenvalue weighted by Gasteiger charge is -2.12. The molecule has 1 aromatic heterocycles. The highest BCUT2D eigenvalue weighted by atomic mass is 19.2. The van der Waals surface area contributed by atoms with Gasteiger partial charge in [0.05, 0.1) is 5.69 Å². The normalized spacial score (nSPS) is 11.9. The third-order valence-electron chi connectivity index (χ3n) is 3.16. The molecular weight excluding hydrogens is 309 g/mol. The lowest BCUT2D eigenvalue weighted by atomic mass is 10.2. The summed E-state index contributed by atoms with van der Waals surface area (Å²) in [6.45, 7) is 3.90. The van der Waals surface area contributed by atoms with Crippen molar-refractivity contribution < 1.29 is 18.0 Å². The SMILES string of the molecule is CCC(C)Nc1nccc(C(=O)Nc2ccc(F)c(F)c2F)n1. The minimum absolute atomic E-state index is 0.0325. The molecule has 23 heavy (non-hydrogen) atoms. The Kier molecular flexibility index (Phi) is 5.15. The molecule has 5 nitrogen and oxygen atoms in total. The number of carbonyl (C=O) groups excluding carboxylic acids is 1. The Morgan fingerprint density at radius 3 is 2.65 bits per heavy atom. The first-order chi connectivity index (χ1) is 10.9. The minimum Gasteiger partial charge on any atom is -0.352 e. The predicted molar refractivity (Wildman–Crippen MR) is 79.7 cm³/mol. The van der Waals surface area contributed by atoms with Crippen LogP contribution in [0.5, 0.6) is 0 Å². The maximum Gasteiger partial charge on any atom is 0.274 e. The molecule has 0 aliphatic heterocycles. The number of anilines is 2. The maximum atomic E-state index is 13.6. The Balaban J connectivity index is 2.18. The second kappa shape index (κ2) is 7.08. The van der Waals surface area contributed by atoms with Gasteiger partial charge in [-0.3, -0.25) is 4.79 Å². The molecule has 1 aromatic carbocycles. The van der Waals surface area contributed by atoms with E-state index in [2.05, 4.69) is 20.6 Å². The van der Waals surface area contributed by atoms with Crippen molar-refractivity contribution in [2.45, 2.75) is 26.3 Å². The molecule has 0 bridgehead atoms. The van der Waals surface area contributed by atoms with Crippen LogP contribution >= 0.6 is 0 Å². The standard InChI is InChI=1S/C15H15F3N4O/c1-3-8(2)20-15-19-7-6-11(22-15)14(23)21-10-5-4-9(16)12(17)13(10)18/h4-8H,3H2,1-2H3,(H,21,23)(H,19,20,22). The number of carbonyl (C=O) groups is 1. The van der Waals surface area contributed by atoms with Gasteiger partial charge in [-0.05, 0) is 31.5 Å². The molecule has 0 radical (unpaired) electrons. The van der Waals surface area contributed by atoms with Crippen molar-refractivity contribution in [3.63, 3.8) is 0 Å². The van der Waals surface area contributed by atoms with E-state index < -0.39 is 29.0 Å². The van der Waals surface area contributed by atoms with Gasteiger partial charge in [-0.25, -0.2) is 23.1 Å². The monoisotopic (exact) mass is 324 g/mol. The van der Waals surface area contributed by atoms with Crippen molar-refractivity contribution in [3.8, 4) is 0 Å². The van der Waals surface area contributed by atoms with Gasteiger partial charge in [-0.1, -0.05) is 6.92 Å². The van der Waals surface area contributed by atoms with Crippen LogP contribution in [0, 0.1) is 17.5 Å². The minimum atomic E-state index is -1.65. The first-order valence-corrected chi connectivity index (χ1v) is 6.96. The fourth-order valence-corrected chi connectivity index (χ4v) is 1.69. The van der Waals surface area contributed by atoms with Crippen molar-refractivity contribution in [1.29, 1.82) is 0 Å². The molecule has 8 heteroatoms. The zero-order valence-electron chi connectivity index (χ0n) is 12.5. The molecule has 1 amide bonds. The predicted octanol–water partition coefficient (Wildman–Crippen LogP) is 3.36. The molecule has 0 fully saturated rings. The molecule has 0 saturated carbocycles. The Morgan fingerprint density at radius 2 is 1.96 bits per heavy atom. The van der Waals surface area contributed by atoms with Gasteiger partial charge in [0.1, 0.15) is 5.69 Å². The Labute approximate surface area is 131 Å². The Hall–Kier alpha value is -2.64. The number of amides is 1. The molecule has 2 rings (SSSR count). The van der Waals surface area contributed by atoms with Crippen LogP contribution in [0.15, 0.2) is 24.4 Å². The number of nitrogens with zero attached hydrogens (tertiary/aromatic N) is 2. The fourth-order valence-electron chi connectivity index (χ4n) is 1.69. The van der Waals surface area contributed by atoms with E-state index >= 15 is 0 Å². The highest BCUT2D eigenvalue weighted by molar-refractivity contribution is 6.03. The smallest absolute Gasteiger partial charge is 0.274 e. The van der Waals surface area contributed by atoms with Crippen LogP contribution in [-0.4, -0.2) is 21.9 Å². The average molecular weight is 324 g/mol. The van der Waals surface area contributed by atoms with Crippen LogP contribution in [-0.2, 0) is 0 Å². The summed E-state index contributed by atoms with van der Waals surface area (Å²) in [4.78, 5) is 20.0. The van der Waals surface area contributed by atoms with Crippen molar-refractivity contribution in [3.05, 3.63) is 47.5 Å². The third-order valence-corrected chi connectivity index (χ3v) is 3.16. The van der Waals surface area contributed by atoms with Gasteiger partial charge in [-0.15, -0.1) is 0 Å². The molecule has 1 unspecified atom stereocenters. The second-order valence-electron chi connectivity index (χ2n) is 4.90. The largest absolute Gasteiger partial charge is 0.352 e. The van der Waals surface area contributed by atoms with E-state index in [0.29, 0.717) is 0 Å². The number of halogens is 3. The number of rotatable bonds is 5. The van der Waals surface area contributed by atoms with Crippen molar-refractivity contribution >= 4 is 17.5 Å². The lowest BCUT2D eigenvalue weighted by molar-refractivity contribution is 0.102. The molecule has 2 aromatic rings. The van der Waals surface area contributed by atoms with Crippen molar-refractivity contribution in [2.24, 2.45) is 0 Å². The van der Waals surface area contributed by atoms with Crippen LogP contribution in [0.25, 0.3) is 0 Å². The topological polar surface area (TPSA) is 66.9 Å². The van der Waals surface area contributed by atoms with Gasteiger partial charge >= 0.3 is 0 Å². The first kappa shape index (κ1) is 16.7. The van der Waals surface area contributed by atoms with Crippen LogP contribution in [0.1, 0.15) is 30.8 Å². The molecular formula is C15H15F3N4O. The molecule has 1 atom stereocenters. The van der Waals surface area contributed by atoms with Gasteiger partial charge < -0.3 is 10.6 Å². The third kappa shape index (κ3) is 3.97. The van der Waals surface area contributed by atoms with Gasteiger partial charge in [0.2, 0.25) is 5.95 Å². The summed E-state index contributed by atoms with van der Waals surface area (Å²) in [6, 6.07) is 3.10. The average Bonchev–Trinajstić information content (AvgIpc) is 2.55. The van der Waals surface area contributed by atoms with Crippen LogP contribution in [0.3, 0.4) is 0 Å². The summed E-state index contributed by atoms with van der Waals surface area (Å²) in [6.07, 6.45) is 2.20. The Bertz CT molecular complexity index is 724. The van der Waals surface area contributed by atoms with E-state index in [9.17, 15) is 18.0 Å². The molecule has 0 saturated heterocycles. The van der Waals surface area contributed by atoms with Gasteiger partial charge in [0.25, 0.3) is 5.91 Å². The van der Waals surface area contributed by atoms with Crippen LogP contribution in [0.2, 0.25) is 0 Å². The van der Waals surface area contributed by atoms with Crippen molar-refractivity contribution in [1.82, 2.24) is 9.97 Å². The lowest BCUT2D eigenvalue weighted by Crippen LogP contribution is -2.19. The van der Waals surface area contributed by atoms with Gasteiger partial charge in [0, 0.05) is 12.2 Å². The summed E-state index contributed by atoms with van der Waals surface area (Å²) >= 11 is 0. The van der Waals surface area contributed by atoms with Crippen LogP contribution in [0.4, 0.5) is 24.8 Å². The van der Waals surface area contributed by atoms with Crippen LogP contribution < -0.4 is 10.6 Å². The maximum absolute atomic E-state index is 13.6. The first-order valence-electron chi connectivity index (χ1n) is 6.96. The van der Waals surface area contributed by atoms with Crippen molar-refractivity contribution in [2.75, 3.05) is 10.6 Å². The van der Waals surface area contributed by atoms with E-state index in [-0.39, 0.29) is 17.7 Å². The molecule has 0 aliphatic rings. The Morgan fingerprint density at radius 1 is 1.22 bits per heavy atom. The summed E-state index contributed by atoms with van der Waals surface area (Å²) in [5.74, 6) is -4.96. The number of hydrogen-bond acceptors (Lipinski definition) is 4. The summed E-state index contributed by atoms with van der Waals surface area (Å²) in [5, 5.41) is 5.14. The fraction of sp³-hybridized carbons (Fsp3) is 0.267. The zero-order chi connectivity index (χ0) is 17.0. The summed E-state index contributed by atoms with van der Waals surface area (Å²) < 4.78 is 39.6. The molecule has 0 aliphatic carbocycles. The summed E-state index contributed by atoms with van der Waals surface area (Å²) in [5.41, 5.74) is -0.501. The quantitative estimate of drug-likeness (QED) is 0.828.